The molecule has 0 unspecified atom stereocenters. The van der Waals surface area contributed by atoms with Crippen LogP contribution in [0.25, 0.3) is 0 Å². The molecule has 24 heavy (non-hydrogen) atoms. The first kappa shape index (κ1) is 18.6. The van der Waals surface area contributed by atoms with Crippen LogP contribution < -0.4 is 10.2 Å². The highest BCUT2D eigenvalue weighted by Crippen LogP contribution is 2.23. The zero-order chi connectivity index (χ0) is 17.5. The molecule has 0 aromatic heterocycles. The lowest BCUT2D eigenvalue weighted by Gasteiger charge is -2.15. The molecule has 3 nitrogen and oxygen atoms in total. The van der Waals surface area contributed by atoms with Crippen LogP contribution in [-0.2, 0) is 17.9 Å². The van der Waals surface area contributed by atoms with Crippen molar-refractivity contribution >= 4 is 17.7 Å². The van der Waals surface area contributed by atoms with E-state index in [2.05, 4.69) is 68.8 Å². The average molecular weight is 344 g/mol. The zero-order valence-electron chi connectivity index (χ0n) is 14.9. The predicted octanol–water partition coefficient (Wildman–Crippen LogP) is 2.44. The van der Waals surface area contributed by atoms with E-state index in [-0.39, 0.29) is 11.2 Å². The van der Waals surface area contributed by atoms with Gasteiger partial charge in [0, 0.05) is 17.0 Å². The maximum Gasteiger partial charge on any atom is 0.233 e. The second kappa shape index (κ2) is 8.90. The first-order chi connectivity index (χ1) is 11.5. The van der Waals surface area contributed by atoms with E-state index in [0.29, 0.717) is 6.54 Å². The highest BCUT2D eigenvalue weighted by Gasteiger charge is 2.15. The molecule has 0 saturated carbocycles. The second-order valence-electron chi connectivity index (χ2n) is 6.44. The number of thioether (sulfide) groups is 1. The van der Waals surface area contributed by atoms with Crippen LogP contribution in [0.4, 0.5) is 0 Å². The molecule has 0 fully saturated rings. The van der Waals surface area contributed by atoms with Crippen molar-refractivity contribution in [2.45, 2.75) is 37.1 Å². The van der Waals surface area contributed by atoms with Crippen molar-refractivity contribution in [1.29, 1.82) is 0 Å². The average Bonchev–Trinajstić information content (AvgIpc) is 2.55. The van der Waals surface area contributed by atoms with E-state index < -0.39 is 0 Å². The van der Waals surface area contributed by atoms with Crippen LogP contribution in [-0.4, -0.2) is 25.3 Å². The van der Waals surface area contributed by atoms with Crippen molar-refractivity contribution in [3.8, 4) is 0 Å². The molecule has 1 atom stereocenters. The monoisotopic (exact) mass is 343 g/mol. The molecule has 4 heteroatoms. The predicted molar refractivity (Wildman–Crippen MR) is 101 cm³/mol. The summed E-state index contributed by atoms with van der Waals surface area (Å²) < 4.78 is 0. The van der Waals surface area contributed by atoms with Gasteiger partial charge in [0.2, 0.25) is 5.91 Å². The fourth-order valence-corrected chi connectivity index (χ4v) is 3.38. The number of rotatable bonds is 7. The molecule has 0 aliphatic rings. The lowest BCUT2D eigenvalue weighted by molar-refractivity contribution is -0.872. The molecule has 0 aliphatic carbocycles. The Morgan fingerprint density at radius 2 is 1.71 bits per heavy atom. The fourth-order valence-electron chi connectivity index (χ4n) is 2.48. The molecule has 0 bridgehead atoms. The van der Waals surface area contributed by atoms with Gasteiger partial charge in [-0.3, -0.25) is 4.79 Å². The number of benzene rings is 2. The Kier molecular flexibility index (Phi) is 6.88. The van der Waals surface area contributed by atoms with Gasteiger partial charge in [0.25, 0.3) is 0 Å². The Morgan fingerprint density at radius 1 is 1.08 bits per heavy atom. The third-order valence-electron chi connectivity index (χ3n) is 3.82. The molecule has 2 N–H and O–H groups in total. The summed E-state index contributed by atoms with van der Waals surface area (Å²) in [5.74, 6) is 0.0765. The Balaban J connectivity index is 1.91. The standard InChI is InChI=1S/C20H26N2OS/c1-15-9-11-19(12-10-15)24-16(2)20(23)21-13-17-7-5-6-8-18(17)14-22(3)4/h5-12,16H,13-14H2,1-4H3,(H,21,23)/p+1/t16-/m0/s1. The minimum Gasteiger partial charge on any atom is -0.351 e. The molecule has 0 aliphatic heterocycles. The smallest absolute Gasteiger partial charge is 0.233 e. The van der Waals surface area contributed by atoms with Crippen LogP contribution in [0.15, 0.2) is 53.4 Å². The van der Waals surface area contributed by atoms with Crippen LogP contribution in [0.1, 0.15) is 23.6 Å². The summed E-state index contributed by atoms with van der Waals surface area (Å²) in [4.78, 5) is 14.9. The van der Waals surface area contributed by atoms with Crippen LogP contribution in [0, 0.1) is 6.92 Å². The van der Waals surface area contributed by atoms with Gasteiger partial charge in [-0.25, -0.2) is 0 Å². The fraction of sp³-hybridized carbons (Fsp3) is 0.350. The molecule has 0 saturated heterocycles. The molecule has 2 aromatic carbocycles. The van der Waals surface area contributed by atoms with Gasteiger partial charge in [0.1, 0.15) is 6.54 Å². The van der Waals surface area contributed by atoms with Crippen molar-refractivity contribution < 1.29 is 9.69 Å². The highest BCUT2D eigenvalue weighted by molar-refractivity contribution is 8.00. The van der Waals surface area contributed by atoms with Gasteiger partial charge in [-0.1, -0.05) is 42.0 Å². The topological polar surface area (TPSA) is 33.5 Å². The molecular weight excluding hydrogens is 316 g/mol. The highest BCUT2D eigenvalue weighted by atomic mass is 32.2. The summed E-state index contributed by atoms with van der Waals surface area (Å²) in [6.45, 7) is 5.56. The molecule has 2 rings (SSSR count). The number of hydrogen-bond acceptors (Lipinski definition) is 2. The molecule has 1 amide bonds. The van der Waals surface area contributed by atoms with Crippen LogP contribution >= 0.6 is 11.8 Å². The van der Waals surface area contributed by atoms with Crippen LogP contribution in [0.5, 0.6) is 0 Å². The summed E-state index contributed by atoms with van der Waals surface area (Å²) in [5, 5.41) is 2.96. The van der Waals surface area contributed by atoms with Gasteiger partial charge in [0.15, 0.2) is 0 Å². The minimum absolute atomic E-state index is 0.0765. The van der Waals surface area contributed by atoms with Crippen LogP contribution in [0.2, 0.25) is 0 Å². The van der Waals surface area contributed by atoms with E-state index in [1.165, 1.54) is 21.6 Å². The summed E-state index contributed by atoms with van der Waals surface area (Å²) in [6.07, 6.45) is 0. The first-order valence-corrected chi connectivity index (χ1v) is 9.20. The molecule has 128 valence electrons. The minimum atomic E-state index is -0.112. The van der Waals surface area contributed by atoms with E-state index >= 15 is 0 Å². The van der Waals surface area contributed by atoms with Crippen molar-refractivity contribution in [3.63, 3.8) is 0 Å². The number of quaternary nitrogens is 1. The van der Waals surface area contributed by atoms with Gasteiger partial charge in [-0.15, -0.1) is 11.8 Å². The molecule has 0 radical (unpaired) electrons. The number of aryl methyl sites for hydroxylation is 1. The molecular formula is C20H27N2OS+. The number of amides is 1. The lowest BCUT2D eigenvalue weighted by atomic mass is 10.1. The maximum atomic E-state index is 12.4. The summed E-state index contributed by atoms with van der Waals surface area (Å²) in [6, 6.07) is 16.6. The van der Waals surface area contributed by atoms with Crippen LogP contribution in [0.3, 0.4) is 0 Å². The van der Waals surface area contributed by atoms with E-state index in [0.717, 1.165) is 11.4 Å². The van der Waals surface area contributed by atoms with Crippen molar-refractivity contribution in [3.05, 3.63) is 65.2 Å². The van der Waals surface area contributed by atoms with Gasteiger partial charge in [-0.2, -0.15) is 0 Å². The first-order valence-electron chi connectivity index (χ1n) is 8.32. The third-order valence-corrected chi connectivity index (χ3v) is 4.93. The van der Waals surface area contributed by atoms with E-state index in [4.69, 9.17) is 0 Å². The normalized spacial score (nSPS) is 12.2. The van der Waals surface area contributed by atoms with Gasteiger partial charge in [-0.05, 0) is 31.5 Å². The quantitative estimate of drug-likeness (QED) is 0.757. The Hall–Kier alpha value is -1.78. The number of carbonyl (C=O) groups excluding carboxylic acids is 1. The maximum absolute atomic E-state index is 12.4. The zero-order valence-corrected chi connectivity index (χ0v) is 15.7. The van der Waals surface area contributed by atoms with Gasteiger partial charge >= 0.3 is 0 Å². The molecule has 0 spiro atoms. The number of hydrogen-bond donors (Lipinski definition) is 2. The van der Waals surface area contributed by atoms with Gasteiger partial charge in [0.05, 0.1) is 19.3 Å². The third kappa shape index (κ3) is 5.69. The van der Waals surface area contributed by atoms with E-state index in [1.54, 1.807) is 11.8 Å². The van der Waals surface area contributed by atoms with Crippen molar-refractivity contribution in [1.82, 2.24) is 5.32 Å². The Morgan fingerprint density at radius 3 is 2.33 bits per heavy atom. The van der Waals surface area contributed by atoms with E-state index in [1.807, 2.05) is 13.0 Å². The van der Waals surface area contributed by atoms with Gasteiger partial charge < -0.3 is 10.2 Å². The molecule has 2 aromatic rings. The molecule has 0 heterocycles. The number of carbonyl (C=O) groups is 1. The summed E-state index contributed by atoms with van der Waals surface area (Å²) in [5.41, 5.74) is 3.72. The van der Waals surface area contributed by atoms with Crippen molar-refractivity contribution in [2.75, 3.05) is 14.1 Å². The Bertz CT molecular complexity index is 668. The Labute approximate surface area is 149 Å². The van der Waals surface area contributed by atoms with E-state index in [9.17, 15) is 4.79 Å². The van der Waals surface area contributed by atoms with Crippen molar-refractivity contribution in [2.24, 2.45) is 0 Å². The SMILES string of the molecule is Cc1ccc(S[C@@H](C)C(=O)NCc2ccccc2C[NH+](C)C)cc1. The second-order valence-corrected chi connectivity index (χ2v) is 7.86. The summed E-state index contributed by atoms with van der Waals surface area (Å²) >= 11 is 1.59. The summed E-state index contributed by atoms with van der Waals surface area (Å²) in [7, 11) is 4.27. The number of nitrogens with one attached hydrogen (secondary N) is 2. The largest absolute Gasteiger partial charge is 0.351 e. The lowest BCUT2D eigenvalue weighted by Crippen LogP contribution is -3.04.